The number of amides is 2. The summed E-state index contributed by atoms with van der Waals surface area (Å²) in [5.74, 6) is -0.894. The van der Waals surface area contributed by atoms with Crippen molar-refractivity contribution in [1.29, 1.82) is 0 Å². The van der Waals surface area contributed by atoms with Crippen LogP contribution in [0.25, 0.3) is 0 Å². The number of methoxy groups -OCH3 is 1. The van der Waals surface area contributed by atoms with Crippen molar-refractivity contribution in [2.45, 2.75) is 6.54 Å². The Labute approximate surface area is 160 Å². The number of para-hydroxylation sites is 1. The third-order valence-electron chi connectivity index (χ3n) is 3.84. The van der Waals surface area contributed by atoms with Crippen LogP contribution in [0.4, 0.5) is 5.69 Å². The molecule has 3 rings (SSSR count). The van der Waals surface area contributed by atoms with Gasteiger partial charge in [0.15, 0.2) is 0 Å². The van der Waals surface area contributed by atoms with Gasteiger partial charge in [0.25, 0.3) is 11.8 Å². The van der Waals surface area contributed by atoms with Crippen molar-refractivity contribution < 1.29 is 23.5 Å². The van der Waals surface area contributed by atoms with Crippen LogP contribution in [0, 0.1) is 0 Å². The summed E-state index contributed by atoms with van der Waals surface area (Å²) in [6.07, 6.45) is 2.88. The van der Waals surface area contributed by atoms with Gasteiger partial charge in [0.2, 0.25) is 0 Å². The molecule has 0 atom stereocenters. The second kappa shape index (κ2) is 8.63. The first-order valence-corrected chi connectivity index (χ1v) is 8.34. The lowest BCUT2D eigenvalue weighted by Gasteiger charge is -2.10. The fraction of sp³-hybridized carbons (Fsp3) is 0.100. The SMILES string of the molecule is COC(=O)c1ccccc1NC(=O)c1cc(C(=O)NCc2ccco2)ccn1. The molecule has 0 fully saturated rings. The number of carbonyl (C=O) groups excluding carboxylic acids is 3. The predicted molar refractivity (Wildman–Crippen MR) is 99.8 cm³/mol. The number of rotatable bonds is 6. The fourth-order valence-corrected chi connectivity index (χ4v) is 2.44. The van der Waals surface area contributed by atoms with Crippen molar-refractivity contribution in [3.63, 3.8) is 0 Å². The van der Waals surface area contributed by atoms with Crippen LogP contribution in [0.15, 0.2) is 65.4 Å². The van der Waals surface area contributed by atoms with E-state index in [1.165, 1.54) is 37.8 Å². The summed E-state index contributed by atoms with van der Waals surface area (Å²) in [7, 11) is 1.26. The molecule has 0 spiro atoms. The highest BCUT2D eigenvalue weighted by molar-refractivity contribution is 6.08. The summed E-state index contributed by atoms with van der Waals surface area (Å²) in [5, 5.41) is 5.31. The number of hydrogen-bond donors (Lipinski definition) is 2. The van der Waals surface area contributed by atoms with Gasteiger partial charge < -0.3 is 19.8 Å². The fourth-order valence-electron chi connectivity index (χ4n) is 2.44. The van der Waals surface area contributed by atoms with E-state index in [0.29, 0.717) is 5.76 Å². The lowest BCUT2D eigenvalue weighted by Crippen LogP contribution is -2.23. The van der Waals surface area contributed by atoms with Crippen molar-refractivity contribution in [3.8, 4) is 0 Å². The van der Waals surface area contributed by atoms with E-state index >= 15 is 0 Å². The number of anilines is 1. The molecule has 8 heteroatoms. The number of esters is 1. The standard InChI is InChI=1S/C20H17N3O5/c1-27-20(26)15-6-2-3-7-16(15)23-19(25)17-11-13(8-9-21-17)18(24)22-12-14-5-4-10-28-14/h2-11H,12H2,1H3,(H,22,24)(H,23,25). The van der Waals surface area contributed by atoms with Gasteiger partial charge >= 0.3 is 5.97 Å². The van der Waals surface area contributed by atoms with Gasteiger partial charge in [-0.05, 0) is 36.4 Å². The Morgan fingerprint density at radius 3 is 2.64 bits per heavy atom. The topological polar surface area (TPSA) is 111 Å². The summed E-state index contributed by atoms with van der Waals surface area (Å²) in [5.41, 5.74) is 0.804. The van der Waals surface area contributed by atoms with E-state index in [-0.39, 0.29) is 35.0 Å². The van der Waals surface area contributed by atoms with Crippen molar-refractivity contribution in [3.05, 3.63) is 83.6 Å². The van der Waals surface area contributed by atoms with Gasteiger partial charge in [0, 0.05) is 11.8 Å². The molecule has 0 aliphatic heterocycles. The Kier molecular flexibility index (Phi) is 5.81. The summed E-state index contributed by atoms with van der Waals surface area (Å²) in [6, 6.07) is 12.8. The smallest absolute Gasteiger partial charge is 0.339 e. The largest absolute Gasteiger partial charge is 0.467 e. The molecule has 142 valence electrons. The average Bonchev–Trinajstić information content (AvgIpc) is 3.25. The first-order valence-electron chi connectivity index (χ1n) is 8.34. The molecule has 0 bridgehead atoms. The van der Waals surface area contributed by atoms with Crippen molar-refractivity contribution in [2.75, 3.05) is 12.4 Å². The molecule has 2 aromatic heterocycles. The lowest BCUT2D eigenvalue weighted by atomic mass is 10.1. The maximum absolute atomic E-state index is 12.5. The Morgan fingerprint density at radius 1 is 1.07 bits per heavy atom. The minimum atomic E-state index is -0.574. The third-order valence-corrected chi connectivity index (χ3v) is 3.84. The number of furan rings is 1. The molecule has 0 saturated carbocycles. The van der Waals surface area contributed by atoms with Gasteiger partial charge in [0.05, 0.1) is 31.2 Å². The Bertz CT molecular complexity index is 999. The highest BCUT2D eigenvalue weighted by Crippen LogP contribution is 2.17. The molecule has 2 amide bonds. The van der Waals surface area contributed by atoms with Crippen LogP contribution in [0.2, 0.25) is 0 Å². The van der Waals surface area contributed by atoms with E-state index < -0.39 is 11.9 Å². The molecule has 2 N–H and O–H groups in total. The van der Waals surface area contributed by atoms with Crippen LogP contribution in [0.5, 0.6) is 0 Å². The van der Waals surface area contributed by atoms with E-state index in [0.717, 1.165) is 0 Å². The van der Waals surface area contributed by atoms with Crippen LogP contribution in [-0.2, 0) is 11.3 Å². The summed E-state index contributed by atoms with van der Waals surface area (Å²) >= 11 is 0. The lowest BCUT2D eigenvalue weighted by molar-refractivity contribution is 0.0601. The number of hydrogen-bond acceptors (Lipinski definition) is 6. The van der Waals surface area contributed by atoms with Crippen molar-refractivity contribution in [1.82, 2.24) is 10.3 Å². The second-order valence-electron chi connectivity index (χ2n) is 5.68. The van der Waals surface area contributed by atoms with Crippen LogP contribution < -0.4 is 10.6 Å². The molecule has 0 unspecified atom stereocenters. The van der Waals surface area contributed by atoms with Crippen LogP contribution >= 0.6 is 0 Å². The van der Waals surface area contributed by atoms with E-state index in [4.69, 9.17) is 9.15 Å². The van der Waals surface area contributed by atoms with Crippen molar-refractivity contribution in [2.24, 2.45) is 0 Å². The zero-order valence-electron chi connectivity index (χ0n) is 15.0. The van der Waals surface area contributed by atoms with E-state index in [2.05, 4.69) is 15.6 Å². The van der Waals surface area contributed by atoms with Gasteiger partial charge in [0.1, 0.15) is 11.5 Å². The number of carbonyl (C=O) groups is 3. The summed E-state index contributed by atoms with van der Waals surface area (Å²) in [4.78, 5) is 40.6. The van der Waals surface area contributed by atoms with Gasteiger partial charge in [-0.2, -0.15) is 0 Å². The number of benzene rings is 1. The Morgan fingerprint density at radius 2 is 1.89 bits per heavy atom. The first-order chi connectivity index (χ1) is 13.6. The minimum Gasteiger partial charge on any atom is -0.467 e. The monoisotopic (exact) mass is 379 g/mol. The quantitative estimate of drug-likeness (QED) is 0.637. The van der Waals surface area contributed by atoms with Crippen LogP contribution in [0.1, 0.15) is 37.0 Å². The maximum Gasteiger partial charge on any atom is 0.339 e. The zero-order valence-corrected chi connectivity index (χ0v) is 15.0. The molecule has 1 aromatic carbocycles. The van der Waals surface area contributed by atoms with Crippen molar-refractivity contribution >= 4 is 23.5 Å². The number of ether oxygens (including phenoxy) is 1. The molecule has 3 aromatic rings. The summed E-state index contributed by atoms with van der Waals surface area (Å²) < 4.78 is 9.86. The minimum absolute atomic E-state index is 0.0327. The molecule has 0 aliphatic rings. The first kappa shape index (κ1) is 18.8. The zero-order chi connectivity index (χ0) is 19.9. The number of nitrogens with zero attached hydrogens (tertiary/aromatic N) is 1. The molecule has 0 saturated heterocycles. The van der Waals surface area contributed by atoms with E-state index in [1.54, 1.807) is 30.3 Å². The van der Waals surface area contributed by atoms with Crippen LogP contribution in [-0.4, -0.2) is 29.9 Å². The van der Waals surface area contributed by atoms with E-state index in [1.807, 2.05) is 0 Å². The predicted octanol–water partition coefficient (Wildman–Crippen LogP) is 2.64. The highest BCUT2D eigenvalue weighted by Gasteiger charge is 2.16. The normalized spacial score (nSPS) is 10.2. The average molecular weight is 379 g/mol. The highest BCUT2D eigenvalue weighted by atomic mass is 16.5. The third kappa shape index (κ3) is 4.42. The van der Waals surface area contributed by atoms with Gasteiger partial charge in [-0.3, -0.25) is 14.6 Å². The van der Waals surface area contributed by atoms with Gasteiger partial charge in [-0.25, -0.2) is 4.79 Å². The molecular weight excluding hydrogens is 362 g/mol. The Balaban J connectivity index is 1.72. The molecular formula is C20H17N3O5. The summed E-state index contributed by atoms with van der Waals surface area (Å²) in [6.45, 7) is 0.224. The number of nitrogens with one attached hydrogen (secondary N) is 2. The molecule has 28 heavy (non-hydrogen) atoms. The number of aromatic nitrogens is 1. The molecule has 0 aliphatic carbocycles. The number of pyridine rings is 1. The van der Waals surface area contributed by atoms with Gasteiger partial charge in [-0.15, -0.1) is 0 Å². The van der Waals surface area contributed by atoms with Crippen LogP contribution in [0.3, 0.4) is 0 Å². The van der Waals surface area contributed by atoms with E-state index in [9.17, 15) is 14.4 Å². The maximum atomic E-state index is 12.5. The molecule has 0 radical (unpaired) electrons. The molecule has 2 heterocycles. The molecule has 8 nitrogen and oxygen atoms in total. The van der Waals surface area contributed by atoms with Gasteiger partial charge in [-0.1, -0.05) is 12.1 Å². The second-order valence-corrected chi connectivity index (χ2v) is 5.68. The Hall–Kier alpha value is -3.94.